The maximum Gasteiger partial charge on any atom is 0.416 e. The summed E-state index contributed by atoms with van der Waals surface area (Å²) >= 11 is 0. The average Bonchev–Trinajstić information content (AvgIpc) is 3.50. The first-order valence-electron chi connectivity index (χ1n) is 11.1. The molecule has 0 fully saturated rings. The highest BCUT2D eigenvalue weighted by molar-refractivity contribution is 6.13. The second-order valence-electron chi connectivity index (χ2n) is 8.50. The van der Waals surface area contributed by atoms with Crippen LogP contribution in [0.25, 0.3) is 22.0 Å². The van der Waals surface area contributed by atoms with Gasteiger partial charge in [-0.05, 0) is 48.4 Å². The molecular formula is C26H19F3N4O4. The normalized spacial score (nSPS) is 12.6. The number of aromatic carboxylic acids is 1. The lowest BCUT2D eigenvalue weighted by molar-refractivity contribution is -0.137. The van der Waals surface area contributed by atoms with Gasteiger partial charge in [0.1, 0.15) is 5.52 Å². The number of amides is 1. The number of nitrogens with one attached hydrogen (secondary N) is 1. The number of halogens is 3. The van der Waals surface area contributed by atoms with Crippen molar-refractivity contribution in [2.24, 2.45) is 0 Å². The number of rotatable bonds is 6. The molecule has 0 radical (unpaired) electrons. The van der Waals surface area contributed by atoms with Crippen LogP contribution in [0.1, 0.15) is 50.4 Å². The molecule has 2 N–H and O–H groups in total. The SMILES string of the molecule is C[C@H](NC(=O)c1cc2ocnc2c2cnn(Cc3ccc(C(F)(F)F)cc3)c12)c1ccc(C(=O)O)cc1. The Labute approximate surface area is 207 Å². The van der Waals surface area contributed by atoms with Crippen molar-refractivity contribution in [3.63, 3.8) is 0 Å². The third kappa shape index (κ3) is 4.63. The van der Waals surface area contributed by atoms with Gasteiger partial charge >= 0.3 is 12.1 Å². The molecule has 0 spiro atoms. The van der Waals surface area contributed by atoms with E-state index in [4.69, 9.17) is 9.52 Å². The number of nitrogens with zero attached hydrogens (tertiary/aromatic N) is 3. The monoisotopic (exact) mass is 508 g/mol. The highest BCUT2D eigenvalue weighted by Gasteiger charge is 2.30. The molecule has 1 atom stereocenters. The van der Waals surface area contributed by atoms with Crippen LogP contribution in [0.2, 0.25) is 0 Å². The number of oxazole rings is 1. The van der Waals surface area contributed by atoms with E-state index in [0.29, 0.717) is 33.1 Å². The van der Waals surface area contributed by atoms with Crippen LogP contribution in [0.5, 0.6) is 0 Å². The van der Waals surface area contributed by atoms with Crippen LogP contribution in [-0.2, 0) is 12.7 Å². The van der Waals surface area contributed by atoms with Gasteiger partial charge in [0.2, 0.25) is 0 Å². The Hall–Kier alpha value is -4.67. The maximum absolute atomic E-state index is 13.4. The molecule has 0 aliphatic rings. The molecular weight excluding hydrogens is 489 g/mol. The largest absolute Gasteiger partial charge is 0.478 e. The van der Waals surface area contributed by atoms with Gasteiger partial charge in [-0.25, -0.2) is 9.78 Å². The van der Waals surface area contributed by atoms with Gasteiger partial charge in [0.05, 0.1) is 46.4 Å². The van der Waals surface area contributed by atoms with Gasteiger partial charge in [-0.3, -0.25) is 9.48 Å². The number of hydrogen-bond donors (Lipinski definition) is 2. The van der Waals surface area contributed by atoms with E-state index < -0.39 is 29.7 Å². The fraction of sp³-hybridized carbons (Fsp3) is 0.154. The Morgan fingerprint density at radius 2 is 1.81 bits per heavy atom. The summed E-state index contributed by atoms with van der Waals surface area (Å²) in [6, 6.07) is 12.0. The van der Waals surface area contributed by atoms with Crippen molar-refractivity contribution in [1.29, 1.82) is 0 Å². The minimum Gasteiger partial charge on any atom is -0.478 e. The zero-order valence-electron chi connectivity index (χ0n) is 19.3. The van der Waals surface area contributed by atoms with E-state index in [1.165, 1.54) is 41.5 Å². The van der Waals surface area contributed by atoms with E-state index in [-0.39, 0.29) is 17.7 Å². The van der Waals surface area contributed by atoms with Gasteiger partial charge in [0, 0.05) is 0 Å². The molecule has 5 rings (SSSR count). The van der Waals surface area contributed by atoms with Crippen molar-refractivity contribution in [3.05, 3.63) is 95.0 Å². The topological polar surface area (TPSA) is 110 Å². The first-order chi connectivity index (χ1) is 17.6. The number of carbonyl (C=O) groups is 2. The van der Waals surface area contributed by atoms with Crippen LogP contribution in [0.4, 0.5) is 13.2 Å². The van der Waals surface area contributed by atoms with Gasteiger partial charge in [0.25, 0.3) is 5.91 Å². The first kappa shape index (κ1) is 24.0. The number of fused-ring (bicyclic) bond motifs is 3. The quantitative estimate of drug-likeness (QED) is 0.316. The first-order valence-corrected chi connectivity index (χ1v) is 11.1. The number of carbonyl (C=O) groups excluding carboxylic acids is 1. The molecule has 11 heteroatoms. The van der Waals surface area contributed by atoms with E-state index >= 15 is 0 Å². The summed E-state index contributed by atoms with van der Waals surface area (Å²) in [5.41, 5.74) is 2.23. The number of hydrogen-bond acceptors (Lipinski definition) is 5. The van der Waals surface area contributed by atoms with E-state index in [2.05, 4.69) is 15.4 Å². The summed E-state index contributed by atoms with van der Waals surface area (Å²) in [7, 11) is 0. The second kappa shape index (κ2) is 9.08. The summed E-state index contributed by atoms with van der Waals surface area (Å²) in [5.74, 6) is -1.49. The van der Waals surface area contributed by atoms with Crippen molar-refractivity contribution in [3.8, 4) is 0 Å². The van der Waals surface area contributed by atoms with Gasteiger partial charge in [-0.1, -0.05) is 24.3 Å². The van der Waals surface area contributed by atoms with Crippen LogP contribution in [0.3, 0.4) is 0 Å². The highest BCUT2D eigenvalue weighted by atomic mass is 19.4. The third-order valence-corrected chi connectivity index (χ3v) is 6.08. The van der Waals surface area contributed by atoms with Crippen molar-refractivity contribution in [1.82, 2.24) is 20.1 Å². The Bertz CT molecular complexity index is 1620. The lowest BCUT2D eigenvalue weighted by atomic mass is 10.0. The van der Waals surface area contributed by atoms with Crippen LogP contribution in [0, 0.1) is 0 Å². The molecule has 2 aromatic heterocycles. The van der Waals surface area contributed by atoms with Gasteiger partial charge in [-0.15, -0.1) is 0 Å². The summed E-state index contributed by atoms with van der Waals surface area (Å²) in [6.45, 7) is 1.88. The summed E-state index contributed by atoms with van der Waals surface area (Å²) in [5, 5.41) is 16.9. The van der Waals surface area contributed by atoms with E-state index in [1.54, 1.807) is 25.1 Å². The third-order valence-electron chi connectivity index (χ3n) is 6.08. The summed E-state index contributed by atoms with van der Waals surface area (Å²) in [4.78, 5) is 28.7. The van der Waals surface area contributed by atoms with Crippen LogP contribution in [0.15, 0.2) is 71.6 Å². The molecule has 0 aliphatic carbocycles. The molecule has 2 heterocycles. The highest BCUT2D eigenvalue weighted by Crippen LogP contribution is 2.31. The van der Waals surface area contributed by atoms with Gasteiger partial charge in [-0.2, -0.15) is 18.3 Å². The average molecular weight is 508 g/mol. The number of benzene rings is 3. The number of alkyl halides is 3. The number of carboxylic acids is 1. The van der Waals surface area contributed by atoms with Crippen LogP contribution in [-0.4, -0.2) is 31.7 Å². The molecule has 0 saturated carbocycles. The predicted octanol–water partition coefficient (Wildman–Crippen LogP) is 5.43. The van der Waals surface area contributed by atoms with Gasteiger partial charge < -0.3 is 14.8 Å². The van der Waals surface area contributed by atoms with E-state index in [9.17, 15) is 22.8 Å². The molecule has 0 saturated heterocycles. The number of aromatic nitrogens is 3. The van der Waals surface area contributed by atoms with E-state index in [0.717, 1.165) is 12.1 Å². The minimum absolute atomic E-state index is 0.122. The zero-order chi connectivity index (χ0) is 26.3. The van der Waals surface area contributed by atoms with Crippen molar-refractivity contribution >= 4 is 33.9 Å². The molecule has 1 amide bonds. The molecule has 5 aromatic rings. The Morgan fingerprint density at radius 3 is 2.46 bits per heavy atom. The van der Waals surface area contributed by atoms with Crippen molar-refractivity contribution in [2.75, 3.05) is 0 Å². The molecule has 188 valence electrons. The Morgan fingerprint density at radius 1 is 1.11 bits per heavy atom. The van der Waals surface area contributed by atoms with Gasteiger partial charge in [0.15, 0.2) is 12.0 Å². The molecule has 0 aliphatic heterocycles. The van der Waals surface area contributed by atoms with Crippen molar-refractivity contribution in [2.45, 2.75) is 25.7 Å². The Kier molecular flexibility index (Phi) is 5.90. The fourth-order valence-corrected chi connectivity index (χ4v) is 4.14. The maximum atomic E-state index is 13.4. The smallest absolute Gasteiger partial charge is 0.416 e. The standard InChI is InChI=1S/C26H19F3N4O4/c1-14(16-4-6-17(7-5-16)25(35)36)32-24(34)19-10-21-22(30-13-37-21)20-11-31-33(23(19)20)12-15-2-8-18(9-3-15)26(27,28)29/h2-11,13-14H,12H2,1H3,(H,32,34)(H,35,36)/t14-/m0/s1. The minimum atomic E-state index is -4.44. The van der Waals surface area contributed by atoms with Crippen molar-refractivity contribution < 1.29 is 32.3 Å². The molecule has 37 heavy (non-hydrogen) atoms. The molecule has 3 aromatic carbocycles. The zero-order valence-corrected chi connectivity index (χ0v) is 19.3. The molecule has 8 nitrogen and oxygen atoms in total. The molecule has 0 unspecified atom stereocenters. The predicted molar refractivity (Wildman–Crippen MR) is 127 cm³/mol. The molecule has 0 bridgehead atoms. The van der Waals surface area contributed by atoms with Crippen LogP contribution < -0.4 is 5.32 Å². The second-order valence-corrected chi connectivity index (χ2v) is 8.50. The lowest BCUT2D eigenvalue weighted by Gasteiger charge is -2.16. The fourth-order valence-electron chi connectivity index (χ4n) is 4.14. The Balaban J connectivity index is 1.49. The summed E-state index contributed by atoms with van der Waals surface area (Å²) < 4.78 is 45.8. The summed E-state index contributed by atoms with van der Waals surface area (Å²) in [6.07, 6.45) is -1.65. The van der Waals surface area contributed by atoms with E-state index in [1.807, 2.05) is 0 Å². The van der Waals surface area contributed by atoms with Crippen LogP contribution >= 0.6 is 0 Å². The number of carboxylic acid groups (broad SMARTS) is 1. The lowest BCUT2D eigenvalue weighted by Crippen LogP contribution is -2.27.